The molecule has 4 heteroatoms. The highest BCUT2D eigenvalue weighted by Crippen LogP contribution is 2.28. The lowest BCUT2D eigenvalue weighted by atomic mass is 10.1. The first-order valence-corrected chi connectivity index (χ1v) is 7.20. The van der Waals surface area contributed by atoms with Crippen molar-refractivity contribution in [2.24, 2.45) is 0 Å². The zero-order valence-electron chi connectivity index (χ0n) is 11.3. The van der Waals surface area contributed by atoms with Gasteiger partial charge in [0.1, 0.15) is 12.4 Å². The van der Waals surface area contributed by atoms with Crippen LogP contribution in [0, 0.1) is 0 Å². The molecule has 0 bridgehead atoms. The zero-order chi connectivity index (χ0) is 13.5. The zero-order valence-corrected chi connectivity index (χ0v) is 12.9. The normalized spacial score (nSPS) is 12.8. The Morgan fingerprint density at radius 2 is 2.00 bits per heavy atom. The predicted molar refractivity (Wildman–Crippen MR) is 78.1 cm³/mol. The van der Waals surface area contributed by atoms with E-state index in [1.165, 1.54) is 0 Å². The largest absolute Gasteiger partial charge is 0.492 e. The number of rotatable bonds is 7. The van der Waals surface area contributed by atoms with E-state index >= 15 is 0 Å². The Kier molecular flexibility index (Phi) is 6.68. The summed E-state index contributed by atoms with van der Waals surface area (Å²) in [4.78, 5) is 2.31. The van der Waals surface area contributed by atoms with Gasteiger partial charge in [-0.3, -0.25) is 0 Å². The van der Waals surface area contributed by atoms with Crippen molar-refractivity contribution in [3.63, 3.8) is 0 Å². The van der Waals surface area contributed by atoms with E-state index in [4.69, 9.17) is 4.74 Å². The van der Waals surface area contributed by atoms with Gasteiger partial charge in [0.25, 0.3) is 0 Å². The van der Waals surface area contributed by atoms with Crippen LogP contribution in [0.3, 0.4) is 0 Å². The van der Waals surface area contributed by atoms with E-state index in [2.05, 4.69) is 34.7 Å². The average Bonchev–Trinajstić information content (AvgIpc) is 2.34. The summed E-state index contributed by atoms with van der Waals surface area (Å²) in [6, 6.07) is 5.71. The molecule has 0 spiro atoms. The molecule has 0 unspecified atom stereocenters. The maximum absolute atomic E-state index is 9.69. The summed E-state index contributed by atoms with van der Waals surface area (Å²) in [6.07, 6.45) is -0.512. The summed E-state index contributed by atoms with van der Waals surface area (Å²) in [5, 5.41) is 9.69. The first-order valence-electron chi connectivity index (χ1n) is 6.41. The van der Waals surface area contributed by atoms with Crippen LogP contribution < -0.4 is 4.74 Å². The molecular weight excluding hydrogens is 294 g/mol. The fourth-order valence-electron chi connectivity index (χ4n) is 1.80. The van der Waals surface area contributed by atoms with Gasteiger partial charge in [0.15, 0.2) is 0 Å². The van der Waals surface area contributed by atoms with E-state index in [0.29, 0.717) is 6.61 Å². The Morgan fingerprint density at radius 3 is 2.56 bits per heavy atom. The summed E-state index contributed by atoms with van der Waals surface area (Å²) in [5.41, 5.74) is 0.831. The number of nitrogens with zero attached hydrogens (tertiary/aromatic N) is 1. The molecule has 1 rings (SSSR count). The van der Waals surface area contributed by atoms with Crippen LogP contribution in [0.2, 0.25) is 0 Å². The molecule has 0 amide bonds. The van der Waals surface area contributed by atoms with E-state index < -0.39 is 6.10 Å². The molecule has 1 atom stereocenters. The first-order chi connectivity index (χ1) is 8.58. The topological polar surface area (TPSA) is 32.7 Å². The van der Waals surface area contributed by atoms with Gasteiger partial charge in [0, 0.05) is 16.6 Å². The van der Waals surface area contributed by atoms with Crippen molar-refractivity contribution in [2.45, 2.75) is 26.9 Å². The molecule has 0 saturated heterocycles. The molecular formula is C14H22BrNO2. The third kappa shape index (κ3) is 4.59. The molecule has 0 aliphatic rings. The lowest BCUT2D eigenvalue weighted by Gasteiger charge is -2.19. The van der Waals surface area contributed by atoms with Gasteiger partial charge in [0.2, 0.25) is 0 Å². The lowest BCUT2D eigenvalue weighted by Crippen LogP contribution is -2.28. The number of hydrogen-bond acceptors (Lipinski definition) is 3. The maximum Gasteiger partial charge on any atom is 0.126 e. The monoisotopic (exact) mass is 315 g/mol. The van der Waals surface area contributed by atoms with Crippen LogP contribution in [0.15, 0.2) is 22.7 Å². The Morgan fingerprint density at radius 1 is 1.33 bits per heavy atom. The fourth-order valence-corrected chi connectivity index (χ4v) is 2.14. The molecule has 0 aromatic heterocycles. The molecule has 0 saturated carbocycles. The third-order valence-corrected chi connectivity index (χ3v) is 3.48. The Hall–Kier alpha value is -0.580. The van der Waals surface area contributed by atoms with Gasteiger partial charge in [-0.15, -0.1) is 0 Å². The van der Waals surface area contributed by atoms with E-state index in [9.17, 15) is 5.11 Å². The Labute approximate surface area is 118 Å². The van der Waals surface area contributed by atoms with Gasteiger partial charge in [-0.25, -0.2) is 0 Å². The number of likely N-dealkylation sites (N-methyl/N-ethyl adjacent to an activating group) is 1. The maximum atomic E-state index is 9.69. The molecule has 18 heavy (non-hydrogen) atoms. The van der Waals surface area contributed by atoms with Crippen LogP contribution in [0.5, 0.6) is 5.75 Å². The molecule has 0 aliphatic heterocycles. The van der Waals surface area contributed by atoms with Gasteiger partial charge in [-0.2, -0.15) is 0 Å². The van der Waals surface area contributed by atoms with Gasteiger partial charge in [0.05, 0.1) is 6.10 Å². The van der Waals surface area contributed by atoms with Crippen LogP contribution in [-0.4, -0.2) is 36.2 Å². The number of hydrogen-bond donors (Lipinski definition) is 1. The van der Waals surface area contributed by atoms with Crippen molar-refractivity contribution in [3.8, 4) is 5.75 Å². The van der Waals surface area contributed by atoms with Gasteiger partial charge in [-0.1, -0.05) is 35.8 Å². The Bertz CT molecular complexity index is 365. The summed E-state index contributed by atoms with van der Waals surface area (Å²) >= 11 is 3.42. The molecule has 102 valence electrons. The van der Waals surface area contributed by atoms with E-state index in [1.807, 2.05) is 18.2 Å². The summed E-state index contributed by atoms with van der Waals surface area (Å²) in [6.45, 7) is 9.63. The predicted octanol–water partition coefficient (Wildman–Crippen LogP) is 3.22. The first kappa shape index (κ1) is 15.5. The van der Waals surface area contributed by atoms with Gasteiger partial charge < -0.3 is 14.7 Å². The van der Waals surface area contributed by atoms with E-state index in [0.717, 1.165) is 35.4 Å². The minimum Gasteiger partial charge on any atom is -0.492 e. The second-order valence-corrected chi connectivity index (χ2v) is 5.15. The van der Waals surface area contributed by atoms with Crippen LogP contribution in [0.25, 0.3) is 0 Å². The molecule has 3 nitrogen and oxygen atoms in total. The highest BCUT2D eigenvalue weighted by atomic mass is 79.9. The average molecular weight is 316 g/mol. The van der Waals surface area contributed by atoms with Gasteiger partial charge in [-0.05, 0) is 32.1 Å². The highest BCUT2D eigenvalue weighted by molar-refractivity contribution is 9.10. The molecule has 1 N–H and O–H groups in total. The Balaban J connectivity index is 2.63. The van der Waals surface area contributed by atoms with Crippen molar-refractivity contribution in [1.82, 2.24) is 4.90 Å². The molecule has 0 aliphatic carbocycles. The van der Waals surface area contributed by atoms with Crippen molar-refractivity contribution < 1.29 is 9.84 Å². The van der Waals surface area contributed by atoms with Crippen molar-refractivity contribution in [1.29, 1.82) is 0 Å². The molecule has 0 heterocycles. The lowest BCUT2D eigenvalue weighted by molar-refractivity contribution is 0.184. The summed E-state index contributed by atoms with van der Waals surface area (Å²) in [5.74, 6) is 0.756. The third-order valence-electron chi connectivity index (χ3n) is 2.99. The molecule has 0 fully saturated rings. The molecule has 0 radical (unpaired) electrons. The van der Waals surface area contributed by atoms with Crippen molar-refractivity contribution in [3.05, 3.63) is 28.2 Å². The molecule has 1 aromatic rings. The number of ether oxygens (including phenoxy) is 1. The molecule has 1 aromatic carbocycles. The number of benzene rings is 1. The van der Waals surface area contributed by atoms with E-state index in [1.54, 1.807) is 6.92 Å². The highest BCUT2D eigenvalue weighted by Gasteiger charge is 2.10. The quantitative estimate of drug-likeness (QED) is 0.838. The number of aliphatic hydroxyl groups excluding tert-OH is 1. The summed E-state index contributed by atoms with van der Waals surface area (Å²) in [7, 11) is 0. The SMILES string of the molecule is CCN(CC)CCOc1cc(Br)ccc1[C@H](C)O. The van der Waals surface area contributed by atoms with Crippen LogP contribution >= 0.6 is 15.9 Å². The van der Waals surface area contributed by atoms with Crippen molar-refractivity contribution in [2.75, 3.05) is 26.2 Å². The van der Waals surface area contributed by atoms with Gasteiger partial charge >= 0.3 is 0 Å². The van der Waals surface area contributed by atoms with E-state index in [-0.39, 0.29) is 0 Å². The summed E-state index contributed by atoms with van der Waals surface area (Å²) < 4.78 is 6.74. The minimum absolute atomic E-state index is 0.512. The number of aliphatic hydroxyl groups is 1. The second-order valence-electron chi connectivity index (χ2n) is 4.23. The second kappa shape index (κ2) is 7.77. The van der Waals surface area contributed by atoms with Crippen LogP contribution in [0.4, 0.5) is 0 Å². The smallest absolute Gasteiger partial charge is 0.126 e. The standard InChI is InChI=1S/C14H22BrNO2/c1-4-16(5-2)8-9-18-14-10-12(15)6-7-13(14)11(3)17/h6-7,10-11,17H,4-5,8-9H2,1-3H3/t11-/m0/s1. The minimum atomic E-state index is -0.512. The number of halogens is 1. The van der Waals surface area contributed by atoms with Crippen LogP contribution in [-0.2, 0) is 0 Å². The van der Waals surface area contributed by atoms with Crippen LogP contribution in [0.1, 0.15) is 32.4 Å². The fraction of sp³-hybridized carbons (Fsp3) is 0.571. The van der Waals surface area contributed by atoms with Crippen molar-refractivity contribution >= 4 is 15.9 Å².